The summed E-state index contributed by atoms with van der Waals surface area (Å²) in [5.74, 6) is -3.63. The molecule has 0 aromatic heterocycles. The number of carbonyl (C=O) groups excluding carboxylic acids is 2. The van der Waals surface area contributed by atoms with Crippen LogP contribution >= 0.6 is 0 Å². The van der Waals surface area contributed by atoms with E-state index in [0.717, 1.165) is 17.2 Å². The third-order valence-electron chi connectivity index (χ3n) is 4.86. The van der Waals surface area contributed by atoms with Crippen molar-refractivity contribution >= 4 is 23.5 Å². The van der Waals surface area contributed by atoms with Crippen molar-refractivity contribution in [2.75, 3.05) is 5.32 Å². The Morgan fingerprint density at radius 2 is 2.00 bits per heavy atom. The number of fused-ring (bicyclic) bond motifs is 1. The lowest BCUT2D eigenvalue weighted by Crippen LogP contribution is -2.40. The molecule has 2 amide bonds. The zero-order chi connectivity index (χ0) is 19.7. The smallest absolute Gasteiger partial charge is 0.330 e. The number of aryl methyl sites for hydroxylation is 1. The van der Waals surface area contributed by atoms with Crippen LogP contribution in [0, 0.1) is 19.7 Å². The Morgan fingerprint density at radius 3 is 2.70 bits per heavy atom. The van der Waals surface area contributed by atoms with E-state index >= 15 is 0 Å². The number of carboxylic acids is 1. The average molecular weight is 370 g/mol. The molecule has 2 aromatic rings. The fourth-order valence-electron chi connectivity index (χ4n) is 3.27. The van der Waals surface area contributed by atoms with Gasteiger partial charge in [0.1, 0.15) is 5.82 Å². The molecule has 7 heteroatoms. The number of aliphatic carboxylic acids is 1. The van der Waals surface area contributed by atoms with Crippen molar-refractivity contribution in [1.29, 1.82) is 0 Å². The van der Waals surface area contributed by atoms with Gasteiger partial charge in [0, 0.05) is 12.1 Å². The van der Waals surface area contributed by atoms with E-state index in [-0.39, 0.29) is 12.1 Å². The van der Waals surface area contributed by atoms with Crippen LogP contribution in [-0.4, -0.2) is 22.9 Å². The van der Waals surface area contributed by atoms with Gasteiger partial charge in [0.25, 0.3) is 0 Å². The molecule has 3 N–H and O–H groups in total. The van der Waals surface area contributed by atoms with Crippen LogP contribution in [0.25, 0.3) is 0 Å². The van der Waals surface area contributed by atoms with Gasteiger partial charge in [-0.3, -0.25) is 9.59 Å². The molecule has 2 unspecified atom stereocenters. The first kappa shape index (κ1) is 18.6. The van der Waals surface area contributed by atoms with Crippen LogP contribution in [0.4, 0.5) is 10.1 Å². The molecule has 0 fully saturated rings. The van der Waals surface area contributed by atoms with Crippen LogP contribution < -0.4 is 10.6 Å². The van der Waals surface area contributed by atoms with Crippen LogP contribution in [0.2, 0.25) is 0 Å². The van der Waals surface area contributed by atoms with Crippen molar-refractivity contribution in [2.24, 2.45) is 0 Å². The van der Waals surface area contributed by atoms with Crippen LogP contribution in [0.1, 0.15) is 40.6 Å². The maximum atomic E-state index is 13.4. The molecule has 2 aromatic carbocycles. The summed E-state index contributed by atoms with van der Waals surface area (Å²) in [5, 5.41) is 14.7. The lowest BCUT2D eigenvalue weighted by Gasteiger charge is -2.27. The predicted octanol–water partition coefficient (Wildman–Crippen LogP) is 2.81. The normalized spacial score (nSPS) is 16.9. The highest BCUT2D eigenvalue weighted by Gasteiger charge is 2.34. The maximum absolute atomic E-state index is 13.4. The van der Waals surface area contributed by atoms with Gasteiger partial charge in [-0.1, -0.05) is 24.3 Å². The average Bonchev–Trinajstić information content (AvgIpc) is 2.60. The maximum Gasteiger partial charge on any atom is 0.330 e. The van der Waals surface area contributed by atoms with E-state index in [1.165, 1.54) is 12.1 Å². The highest BCUT2D eigenvalue weighted by Crippen LogP contribution is 2.33. The minimum atomic E-state index is -1.24. The molecule has 0 saturated heterocycles. The largest absolute Gasteiger partial charge is 0.479 e. The van der Waals surface area contributed by atoms with Crippen molar-refractivity contribution in [3.05, 3.63) is 64.5 Å². The second-order valence-electron chi connectivity index (χ2n) is 6.61. The standard InChI is InChI=1S/C20H19FN2O4/c1-10-4-3-5-13(11(10)2)18(20(26)27)23-19(25)15-9-17(24)22-16-8-12(21)6-7-14(15)16/h3-8,15,18H,9H2,1-2H3,(H,22,24)(H,23,25)(H,26,27). The molecule has 0 saturated carbocycles. The van der Waals surface area contributed by atoms with Gasteiger partial charge in [-0.2, -0.15) is 0 Å². The first-order valence-electron chi connectivity index (χ1n) is 8.46. The van der Waals surface area contributed by atoms with Crippen LogP contribution in [0.3, 0.4) is 0 Å². The van der Waals surface area contributed by atoms with E-state index < -0.39 is 35.6 Å². The van der Waals surface area contributed by atoms with E-state index in [9.17, 15) is 23.9 Å². The highest BCUT2D eigenvalue weighted by molar-refractivity contribution is 6.01. The van der Waals surface area contributed by atoms with E-state index in [2.05, 4.69) is 10.6 Å². The summed E-state index contributed by atoms with van der Waals surface area (Å²) in [4.78, 5) is 36.5. The SMILES string of the molecule is Cc1cccc(C(NC(=O)C2CC(=O)Nc3cc(F)ccc32)C(=O)O)c1C. The molecule has 140 valence electrons. The van der Waals surface area contributed by atoms with E-state index in [1.807, 2.05) is 13.0 Å². The topological polar surface area (TPSA) is 95.5 Å². The van der Waals surface area contributed by atoms with Gasteiger partial charge in [0.05, 0.1) is 5.92 Å². The van der Waals surface area contributed by atoms with Gasteiger partial charge in [-0.25, -0.2) is 9.18 Å². The van der Waals surface area contributed by atoms with Crippen LogP contribution in [0.5, 0.6) is 0 Å². The molecule has 6 nitrogen and oxygen atoms in total. The van der Waals surface area contributed by atoms with E-state index in [0.29, 0.717) is 11.1 Å². The van der Waals surface area contributed by atoms with Gasteiger partial charge in [-0.15, -0.1) is 0 Å². The number of amides is 2. The number of benzene rings is 2. The third kappa shape index (κ3) is 3.67. The minimum Gasteiger partial charge on any atom is -0.479 e. The van der Waals surface area contributed by atoms with Crippen molar-refractivity contribution in [2.45, 2.75) is 32.2 Å². The monoisotopic (exact) mass is 370 g/mol. The number of anilines is 1. The summed E-state index contributed by atoms with van der Waals surface area (Å²) in [5.41, 5.74) is 2.85. The summed E-state index contributed by atoms with van der Waals surface area (Å²) in [7, 11) is 0. The van der Waals surface area contributed by atoms with Gasteiger partial charge in [0.15, 0.2) is 6.04 Å². The van der Waals surface area contributed by atoms with Gasteiger partial charge >= 0.3 is 5.97 Å². The molecule has 1 heterocycles. The third-order valence-corrected chi connectivity index (χ3v) is 4.86. The second kappa shape index (κ2) is 7.19. The first-order valence-corrected chi connectivity index (χ1v) is 8.46. The minimum absolute atomic E-state index is 0.135. The Morgan fingerprint density at radius 1 is 1.26 bits per heavy atom. The fourth-order valence-corrected chi connectivity index (χ4v) is 3.27. The Labute approximate surface area is 155 Å². The molecular weight excluding hydrogens is 351 g/mol. The number of carboxylic acid groups (broad SMARTS) is 1. The van der Waals surface area contributed by atoms with Crippen molar-refractivity contribution < 1.29 is 23.9 Å². The molecule has 1 aliphatic rings. The number of rotatable bonds is 4. The first-order chi connectivity index (χ1) is 12.8. The number of nitrogens with one attached hydrogen (secondary N) is 2. The number of hydrogen-bond donors (Lipinski definition) is 3. The van der Waals surface area contributed by atoms with Crippen LogP contribution in [-0.2, 0) is 14.4 Å². The lowest BCUT2D eigenvalue weighted by molar-refractivity contribution is -0.142. The molecule has 2 atom stereocenters. The summed E-state index contributed by atoms with van der Waals surface area (Å²) in [6, 6.07) is 7.77. The number of carbonyl (C=O) groups is 3. The molecule has 0 spiro atoms. The van der Waals surface area contributed by atoms with Crippen molar-refractivity contribution in [3.8, 4) is 0 Å². The Hall–Kier alpha value is -3.22. The van der Waals surface area contributed by atoms with E-state index in [4.69, 9.17) is 0 Å². The van der Waals surface area contributed by atoms with Gasteiger partial charge in [-0.05, 0) is 48.2 Å². The highest BCUT2D eigenvalue weighted by atomic mass is 19.1. The van der Waals surface area contributed by atoms with Crippen LogP contribution in [0.15, 0.2) is 36.4 Å². The molecule has 27 heavy (non-hydrogen) atoms. The molecule has 0 radical (unpaired) electrons. The number of hydrogen-bond acceptors (Lipinski definition) is 3. The Bertz CT molecular complexity index is 942. The fraction of sp³-hybridized carbons (Fsp3) is 0.250. The summed E-state index contributed by atoms with van der Waals surface area (Å²) < 4.78 is 13.4. The molecule has 0 aliphatic carbocycles. The van der Waals surface area contributed by atoms with Gasteiger partial charge in [0.2, 0.25) is 11.8 Å². The zero-order valence-electron chi connectivity index (χ0n) is 14.9. The quantitative estimate of drug-likeness (QED) is 0.771. The molecule has 1 aliphatic heterocycles. The summed E-state index contributed by atoms with van der Waals surface area (Å²) >= 11 is 0. The number of halogens is 1. The van der Waals surface area contributed by atoms with Crippen molar-refractivity contribution in [3.63, 3.8) is 0 Å². The lowest BCUT2D eigenvalue weighted by atomic mass is 9.89. The molecular formula is C20H19FN2O4. The second-order valence-corrected chi connectivity index (χ2v) is 6.61. The predicted molar refractivity (Wildman–Crippen MR) is 96.8 cm³/mol. The van der Waals surface area contributed by atoms with E-state index in [1.54, 1.807) is 19.1 Å². The summed E-state index contributed by atoms with van der Waals surface area (Å²) in [6.45, 7) is 3.65. The molecule has 0 bridgehead atoms. The van der Waals surface area contributed by atoms with Gasteiger partial charge < -0.3 is 15.7 Å². The molecule has 3 rings (SSSR count). The Balaban J connectivity index is 1.92. The summed E-state index contributed by atoms with van der Waals surface area (Å²) in [6.07, 6.45) is -0.135. The zero-order valence-corrected chi connectivity index (χ0v) is 14.9. The van der Waals surface area contributed by atoms with Crippen molar-refractivity contribution in [1.82, 2.24) is 5.32 Å². The Kier molecular flexibility index (Phi) is 4.94.